The van der Waals surface area contributed by atoms with Gasteiger partial charge in [0.2, 0.25) is 0 Å². The fraction of sp³-hybridized carbons (Fsp3) is 1.00. The van der Waals surface area contributed by atoms with Crippen molar-refractivity contribution in [2.75, 3.05) is 0 Å². The minimum absolute atomic E-state index is 0. The molecule has 0 amide bonds. The predicted octanol–water partition coefficient (Wildman–Crippen LogP) is 2.80. The number of alkyl halides is 3. The molecule has 57 valence electrons. The van der Waals surface area contributed by atoms with E-state index in [-0.39, 0.29) is 20.1 Å². The molecule has 0 heterocycles. The van der Waals surface area contributed by atoms with Crippen molar-refractivity contribution in [3.63, 3.8) is 0 Å². The first-order valence-electron chi connectivity index (χ1n) is 1.11. The van der Waals surface area contributed by atoms with Crippen molar-refractivity contribution in [1.82, 2.24) is 0 Å². The Morgan fingerprint density at radius 3 is 1.33 bits per heavy atom. The molecule has 0 aliphatic carbocycles. The fourth-order valence-corrected chi connectivity index (χ4v) is 0. The average molecular weight is 298 g/mol. The maximum Gasteiger partial charge on any atom is 0.313 e. The number of rotatable bonds is 0. The average Bonchev–Trinajstić information content (AvgIpc) is 1.71. The molecule has 0 saturated carbocycles. The van der Waals surface area contributed by atoms with Crippen LogP contribution in [-0.2, 0) is 24.4 Å². The number of halogens is 4. The summed E-state index contributed by atoms with van der Waals surface area (Å²) < 4.78 is 1.93. The summed E-state index contributed by atoms with van der Waals surface area (Å²) >= 11 is 19.3. The van der Waals surface area contributed by atoms with Gasteiger partial charge in [0.15, 0.2) is 0 Å². The minimum atomic E-state index is -1.78. The molecule has 0 aromatic heterocycles. The normalized spacial score (nSPS) is 8.44. The molecule has 3 nitrogen and oxygen atoms in total. The van der Waals surface area contributed by atoms with Crippen molar-refractivity contribution in [3.8, 4) is 0 Å². The van der Waals surface area contributed by atoms with Crippen molar-refractivity contribution < 1.29 is 24.4 Å². The number of hydrogen-bond donors (Lipinski definition) is 0. The summed E-state index contributed by atoms with van der Waals surface area (Å²) in [7, 11) is 0. The first-order valence-corrected chi connectivity index (χ1v) is 2.55. The summed E-state index contributed by atoms with van der Waals surface area (Å²) in [5, 5.41) is 0. The molecule has 0 N–H and O–H groups in total. The first kappa shape index (κ1) is 16.8. The molecule has 0 aliphatic heterocycles. The summed E-state index contributed by atoms with van der Waals surface area (Å²) in [6.45, 7) is 0. The SMILES string of the molecule is ClOC(Cl)(Cl)Cl.[N-]=O.[Tc]. The zero-order chi connectivity index (χ0) is 7.21. The maximum atomic E-state index is 7.25. The third-order valence-electron chi connectivity index (χ3n) is 0.0875. The molecule has 0 saturated heterocycles. The second kappa shape index (κ2) is 9.37. The van der Waals surface area contributed by atoms with E-state index in [1.807, 2.05) is 0 Å². The summed E-state index contributed by atoms with van der Waals surface area (Å²) in [6, 6.07) is 0. The molecule has 0 fully saturated rings. The predicted molar refractivity (Wildman–Crippen MR) is 34.0 cm³/mol. The zero-order valence-electron chi connectivity index (χ0n) is 3.65. The Kier molecular flexibility index (Phi) is 17.4. The molecule has 0 aromatic carbocycles. The van der Waals surface area contributed by atoms with Gasteiger partial charge >= 0.3 is 3.98 Å². The largest absolute Gasteiger partial charge is 0.577 e. The zero-order valence-corrected chi connectivity index (χ0v) is 8.54. The van der Waals surface area contributed by atoms with Crippen LogP contribution in [0.15, 0.2) is 0 Å². The Morgan fingerprint density at radius 2 is 1.33 bits per heavy atom. The van der Waals surface area contributed by atoms with Crippen LogP contribution in [0, 0.1) is 4.91 Å². The molecule has 0 bridgehead atoms. The molecule has 0 aliphatic rings. The van der Waals surface area contributed by atoms with E-state index in [0.717, 1.165) is 0 Å². The van der Waals surface area contributed by atoms with E-state index < -0.39 is 3.98 Å². The van der Waals surface area contributed by atoms with E-state index in [9.17, 15) is 0 Å². The Morgan fingerprint density at radius 1 is 1.22 bits per heavy atom. The van der Waals surface area contributed by atoms with Crippen molar-refractivity contribution in [2.45, 2.75) is 3.98 Å². The Bertz CT molecular complexity index is 57.0. The molecule has 0 aromatic rings. The molecule has 0 unspecified atom stereocenters. The second-order valence-corrected chi connectivity index (χ2v) is 2.85. The van der Waals surface area contributed by atoms with Crippen molar-refractivity contribution in [3.05, 3.63) is 10.5 Å². The van der Waals surface area contributed by atoms with E-state index in [2.05, 4.69) is 16.2 Å². The molecular weight excluding hydrogens is 298 g/mol. The van der Waals surface area contributed by atoms with Crippen LogP contribution in [0.3, 0.4) is 0 Å². The van der Waals surface area contributed by atoms with Crippen molar-refractivity contribution in [2.24, 2.45) is 0 Å². The van der Waals surface area contributed by atoms with Gasteiger partial charge in [-0.15, -0.1) is 0 Å². The van der Waals surface area contributed by atoms with Crippen LogP contribution in [-0.4, -0.2) is 3.98 Å². The van der Waals surface area contributed by atoms with Gasteiger partial charge < -0.3 is 10.5 Å². The van der Waals surface area contributed by atoms with Gasteiger partial charge in [0.1, 0.15) is 0 Å². The van der Waals surface area contributed by atoms with Crippen LogP contribution in [0.1, 0.15) is 0 Å². The number of nitrogens with zero attached hydrogens (tertiary/aromatic N) is 1. The smallest absolute Gasteiger partial charge is 0.313 e. The molecule has 0 spiro atoms. The van der Waals surface area contributed by atoms with Crippen LogP contribution < -0.4 is 0 Å². The van der Waals surface area contributed by atoms with Gasteiger partial charge in [-0.1, -0.05) is 34.8 Å². The Labute approximate surface area is 85.2 Å². The van der Waals surface area contributed by atoms with E-state index >= 15 is 0 Å². The topological polar surface area (TPSA) is 48.6 Å². The van der Waals surface area contributed by atoms with Crippen LogP contribution in [0.25, 0.3) is 5.59 Å². The summed E-state index contributed by atoms with van der Waals surface area (Å²) in [5.74, 6) is 0. The van der Waals surface area contributed by atoms with E-state index in [4.69, 9.17) is 45.3 Å². The number of nitroso groups, excluding NO2 is 1. The molecule has 9 heavy (non-hydrogen) atoms. The van der Waals surface area contributed by atoms with Crippen LogP contribution in [0.4, 0.5) is 0 Å². The quantitative estimate of drug-likeness (QED) is 0.646. The van der Waals surface area contributed by atoms with Gasteiger partial charge in [-0.25, -0.2) is 4.29 Å². The molecular formula is CCl4NO2Tc-. The van der Waals surface area contributed by atoms with E-state index in [0.29, 0.717) is 0 Å². The van der Waals surface area contributed by atoms with Gasteiger partial charge in [-0.2, -0.15) is 0 Å². The van der Waals surface area contributed by atoms with Crippen LogP contribution in [0.5, 0.6) is 0 Å². The third kappa shape index (κ3) is 26.7. The third-order valence-corrected chi connectivity index (χ3v) is 0.787. The Balaban J connectivity index is -0.000000109. The number of hydrogen-bond acceptors (Lipinski definition) is 2. The standard InChI is InChI=1S/CCl4O.NO.Tc/c2-1(3,4)6-5;1-2;/q;-1;. The summed E-state index contributed by atoms with van der Waals surface area (Å²) in [5.41, 5.74) is 5.75. The molecule has 0 rings (SSSR count). The van der Waals surface area contributed by atoms with Gasteiger partial charge in [-0.3, -0.25) is 0 Å². The van der Waals surface area contributed by atoms with Gasteiger partial charge in [0.05, 0.1) is 11.9 Å². The summed E-state index contributed by atoms with van der Waals surface area (Å²) in [6.07, 6.45) is 0. The van der Waals surface area contributed by atoms with Gasteiger partial charge in [0.25, 0.3) is 0 Å². The van der Waals surface area contributed by atoms with E-state index in [1.165, 1.54) is 0 Å². The monoisotopic (exact) mass is 295 g/mol. The first-order chi connectivity index (χ1) is 3.56. The van der Waals surface area contributed by atoms with Gasteiger partial charge in [0, 0.05) is 20.1 Å². The molecule has 0 atom stereocenters. The van der Waals surface area contributed by atoms with Crippen LogP contribution >= 0.6 is 46.7 Å². The maximum absolute atomic E-state index is 7.25. The second-order valence-electron chi connectivity index (χ2n) is 0.523. The minimum Gasteiger partial charge on any atom is -0.577 e. The molecule has 1 radical (unpaired) electrons. The van der Waals surface area contributed by atoms with Crippen molar-refractivity contribution in [1.29, 1.82) is 0 Å². The van der Waals surface area contributed by atoms with Crippen LogP contribution in [0.2, 0.25) is 0 Å². The molecule has 8 heteroatoms. The van der Waals surface area contributed by atoms with Crippen molar-refractivity contribution >= 4 is 46.7 Å². The Hall–Kier alpha value is 1.37. The summed E-state index contributed by atoms with van der Waals surface area (Å²) in [4.78, 5) is 7.25. The van der Waals surface area contributed by atoms with Gasteiger partial charge in [-0.05, 0) is 0 Å². The van der Waals surface area contributed by atoms with E-state index in [1.54, 1.807) is 0 Å². The fourth-order valence-electron chi connectivity index (χ4n) is 0.